The summed E-state index contributed by atoms with van der Waals surface area (Å²) in [5.74, 6) is 0. The first-order valence-corrected chi connectivity index (χ1v) is 24.5. The van der Waals surface area contributed by atoms with Crippen molar-refractivity contribution in [1.82, 2.24) is 8.97 Å². The molecule has 334 valence electrons. The van der Waals surface area contributed by atoms with Gasteiger partial charge in [-0.3, -0.25) is 0 Å². The number of nitrogens with zero attached hydrogens (tertiary/aromatic N) is 3. The summed E-state index contributed by atoms with van der Waals surface area (Å²) in [5.41, 5.74) is 18.1. The molecule has 0 saturated heterocycles. The Morgan fingerprint density at radius 2 is 0.971 bits per heavy atom. The lowest BCUT2D eigenvalue weighted by atomic mass is 10.0. The molecule has 1 aliphatic carbocycles. The summed E-state index contributed by atoms with van der Waals surface area (Å²) in [4.78, 5) is 2.44. The molecular weight excluding hydrogens is 835 g/mol. The van der Waals surface area contributed by atoms with Gasteiger partial charge in [0, 0.05) is 49.4 Å². The molecular formula is C66H55N3. The molecule has 12 aromatic rings. The van der Waals surface area contributed by atoms with E-state index >= 15 is 0 Å². The van der Waals surface area contributed by atoms with E-state index in [2.05, 4.69) is 252 Å². The van der Waals surface area contributed by atoms with E-state index in [0.717, 1.165) is 36.3 Å². The predicted molar refractivity (Wildman–Crippen MR) is 300 cm³/mol. The molecule has 0 spiro atoms. The van der Waals surface area contributed by atoms with Gasteiger partial charge in [0.15, 0.2) is 0 Å². The minimum Gasteiger partial charge on any atom is -0.313 e. The van der Waals surface area contributed by atoms with Gasteiger partial charge >= 0.3 is 0 Å². The molecule has 0 saturated carbocycles. The Balaban J connectivity index is 0.000000827. The third kappa shape index (κ3) is 7.57. The second-order valence-corrected chi connectivity index (χ2v) is 17.5. The fraction of sp³-hybridized carbons (Fsp3) is 0.0909. The molecule has 13 rings (SSSR count). The Morgan fingerprint density at radius 3 is 1.62 bits per heavy atom. The molecule has 0 N–H and O–H groups in total. The van der Waals surface area contributed by atoms with Crippen LogP contribution in [0.15, 0.2) is 237 Å². The highest BCUT2D eigenvalue weighted by molar-refractivity contribution is 6.25. The Bertz CT molecular complexity index is 3830. The second kappa shape index (κ2) is 18.7. The van der Waals surface area contributed by atoms with Gasteiger partial charge in [-0.25, -0.2) is 0 Å². The van der Waals surface area contributed by atoms with Crippen molar-refractivity contribution in [3.63, 3.8) is 0 Å². The van der Waals surface area contributed by atoms with Crippen LogP contribution in [0, 0.1) is 0 Å². The van der Waals surface area contributed by atoms with Crippen molar-refractivity contribution < 1.29 is 0 Å². The number of fused-ring (bicyclic) bond motifs is 9. The molecule has 9 aromatic carbocycles. The summed E-state index contributed by atoms with van der Waals surface area (Å²) >= 11 is 0. The van der Waals surface area contributed by atoms with Crippen LogP contribution in [0.4, 0.5) is 17.1 Å². The van der Waals surface area contributed by atoms with Crippen molar-refractivity contribution in [2.24, 2.45) is 0 Å². The highest BCUT2D eigenvalue weighted by Crippen LogP contribution is 2.46. The third-order valence-corrected chi connectivity index (χ3v) is 13.6. The van der Waals surface area contributed by atoms with Gasteiger partial charge in [-0.2, -0.15) is 0 Å². The number of aromatic nitrogens is 2. The summed E-state index contributed by atoms with van der Waals surface area (Å²) in [7, 11) is 0. The number of para-hydroxylation sites is 3. The van der Waals surface area contributed by atoms with Crippen molar-refractivity contribution in [3.8, 4) is 33.4 Å². The van der Waals surface area contributed by atoms with Crippen molar-refractivity contribution >= 4 is 82.7 Å². The van der Waals surface area contributed by atoms with Crippen LogP contribution in [0.3, 0.4) is 0 Å². The molecule has 0 unspecified atom stereocenters. The molecule has 1 aliphatic rings. The molecule has 3 heteroatoms. The van der Waals surface area contributed by atoms with E-state index in [1.807, 2.05) is 19.9 Å². The summed E-state index contributed by atoms with van der Waals surface area (Å²) in [6, 6.07) is 75.9. The highest BCUT2D eigenvalue weighted by Gasteiger charge is 2.24. The summed E-state index contributed by atoms with van der Waals surface area (Å²) in [6.45, 7) is 9.54. The molecule has 0 amide bonds. The fourth-order valence-corrected chi connectivity index (χ4v) is 10.4. The molecule has 3 heterocycles. The molecule has 3 nitrogen and oxygen atoms in total. The van der Waals surface area contributed by atoms with Gasteiger partial charge < -0.3 is 13.9 Å². The van der Waals surface area contributed by atoms with Crippen LogP contribution in [0.1, 0.15) is 40.0 Å². The van der Waals surface area contributed by atoms with Gasteiger partial charge in [0.25, 0.3) is 0 Å². The van der Waals surface area contributed by atoms with Crippen LogP contribution >= 0.6 is 0 Å². The second-order valence-electron chi connectivity index (χ2n) is 17.5. The maximum absolute atomic E-state index is 3.48. The van der Waals surface area contributed by atoms with Crippen molar-refractivity contribution in [2.45, 2.75) is 40.0 Å². The van der Waals surface area contributed by atoms with E-state index in [4.69, 9.17) is 0 Å². The standard InChI is InChI=1S/C60H41N3.C4H8.C2H6/c1-4-14-40(15-5-1)42-26-32-47(33-27-42)61(57-25-13-23-53-52-22-12-21-51-49-20-10-11-24-55(49)63(59(51)52)60(53)57)48-34-28-43(29-35-48)45-30-36-50-54-38-44(41-16-6-2-7-17-41)31-37-56(54)62(58(50)39-45)46-18-8-3-9-19-46;1-3-4-2;1-2/h1-8,10-18,20-39H,9,19H2;3H,1,4H2,2H3;1-2H3. The normalized spacial score (nSPS) is 12.3. The van der Waals surface area contributed by atoms with E-state index in [-0.39, 0.29) is 0 Å². The SMILES string of the molecule is C1=CCCC(n2c3ccc(-c4ccccc4)cc3c3ccc(-c4ccc(N(c5ccc(-c6ccccc6)cc5)c5cccc6c7cccc8c9ccccc9n(c56)c87)cc4)cc32)=C1.C=CCC.CC. The first kappa shape index (κ1) is 43.2. The molecule has 0 fully saturated rings. The van der Waals surface area contributed by atoms with Gasteiger partial charge in [0.05, 0.1) is 33.3 Å². The van der Waals surface area contributed by atoms with Gasteiger partial charge in [-0.15, -0.1) is 6.58 Å². The predicted octanol–water partition coefficient (Wildman–Crippen LogP) is 19.2. The molecule has 69 heavy (non-hydrogen) atoms. The lowest BCUT2D eigenvalue weighted by molar-refractivity contribution is 0.979. The minimum absolute atomic E-state index is 1.01. The fourth-order valence-electron chi connectivity index (χ4n) is 10.4. The molecule has 0 bridgehead atoms. The van der Waals surface area contributed by atoms with Crippen LogP contribution in [-0.2, 0) is 0 Å². The van der Waals surface area contributed by atoms with E-state index < -0.39 is 0 Å². The number of anilines is 3. The smallest absolute Gasteiger partial charge is 0.0782 e. The maximum Gasteiger partial charge on any atom is 0.0782 e. The van der Waals surface area contributed by atoms with Crippen molar-refractivity contribution in [3.05, 3.63) is 237 Å². The number of allylic oxidation sites excluding steroid dienone is 5. The zero-order valence-corrected chi connectivity index (χ0v) is 39.6. The average Bonchev–Trinajstić information content (AvgIpc) is 4.08. The van der Waals surface area contributed by atoms with E-state index in [9.17, 15) is 0 Å². The summed E-state index contributed by atoms with van der Waals surface area (Å²) in [6.07, 6.45) is 11.8. The lowest BCUT2D eigenvalue weighted by Gasteiger charge is -2.27. The largest absolute Gasteiger partial charge is 0.313 e. The zero-order valence-electron chi connectivity index (χ0n) is 39.6. The number of hydrogen-bond donors (Lipinski definition) is 0. The Kier molecular flexibility index (Phi) is 11.7. The first-order chi connectivity index (χ1) is 34.2. The van der Waals surface area contributed by atoms with Crippen molar-refractivity contribution in [1.29, 1.82) is 0 Å². The van der Waals surface area contributed by atoms with Crippen LogP contribution in [0.2, 0.25) is 0 Å². The average molecular weight is 890 g/mol. The number of rotatable bonds is 8. The minimum atomic E-state index is 1.01. The summed E-state index contributed by atoms with van der Waals surface area (Å²) in [5, 5.41) is 7.65. The zero-order chi connectivity index (χ0) is 46.8. The molecule has 0 atom stereocenters. The van der Waals surface area contributed by atoms with Gasteiger partial charge in [-0.1, -0.05) is 191 Å². The highest BCUT2D eigenvalue weighted by atomic mass is 15.2. The third-order valence-electron chi connectivity index (χ3n) is 13.6. The van der Waals surface area contributed by atoms with Gasteiger partial charge in [0.2, 0.25) is 0 Å². The Labute approximate surface area is 405 Å². The quantitative estimate of drug-likeness (QED) is 0.139. The first-order valence-electron chi connectivity index (χ1n) is 24.5. The number of benzene rings is 9. The lowest BCUT2D eigenvalue weighted by Crippen LogP contribution is -2.11. The summed E-state index contributed by atoms with van der Waals surface area (Å²) < 4.78 is 5.00. The Morgan fingerprint density at radius 1 is 0.464 bits per heavy atom. The van der Waals surface area contributed by atoms with Crippen LogP contribution < -0.4 is 4.90 Å². The monoisotopic (exact) mass is 889 g/mol. The topological polar surface area (TPSA) is 12.6 Å². The molecule has 3 aromatic heterocycles. The van der Waals surface area contributed by atoms with E-state index in [1.54, 1.807) is 0 Å². The Hall–Kier alpha value is -8.40. The van der Waals surface area contributed by atoms with E-state index in [1.165, 1.54) is 99.0 Å². The van der Waals surface area contributed by atoms with Gasteiger partial charge in [-0.05, 0) is 113 Å². The number of hydrogen-bond acceptors (Lipinski definition) is 1. The maximum atomic E-state index is 3.48. The van der Waals surface area contributed by atoms with Crippen molar-refractivity contribution in [2.75, 3.05) is 4.90 Å². The van der Waals surface area contributed by atoms with Crippen LogP contribution in [0.5, 0.6) is 0 Å². The van der Waals surface area contributed by atoms with Crippen LogP contribution in [0.25, 0.3) is 99.0 Å². The molecule has 0 radical (unpaired) electrons. The van der Waals surface area contributed by atoms with E-state index in [0.29, 0.717) is 0 Å². The van der Waals surface area contributed by atoms with Crippen LogP contribution in [-0.4, -0.2) is 8.97 Å². The van der Waals surface area contributed by atoms with Gasteiger partial charge in [0.1, 0.15) is 0 Å². The molecule has 0 aliphatic heterocycles.